The molecule has 0 bridgehead atoms. The first kappa shape index (κ1) is 36.9. The Kier molecular flexibility index (Phi) is 7.78. The summed E-state index contributed by atoms with van der Waals surface area (Å²) in [7, 11) is -1.85. The molecular formula is C58H48N2OSi. The van der Waals surface area contributed by atoms with Gasteiger partial charge in [-0.1, -0.05) is 162 Å². The average Bonchev–Trinajstić information content (AvgIpc) is 3.65. The van der Waals surface area contributed by atoms with Crippen LogP contribution >= 0.6 is 0 Å². The lowest BCUT2D eigenvalue weighted by molar-refractivity contribution is 0.477. The van der Waals surface area contributed by atoms with Crippen LogP contribution in [0.15, 0.2) is 170 Å². The van der Waals surface area contributed by atoms with Gasteiger partial charge in [-0.15, -0.1) is 0 Å². The largest absolute Gasteiger partial charge is 0.453 e. The van der Waals surface area contributed by atoms with Crippen molar-refractivity contribution in [1.29, 1.82) is 0 Å². The first-order chi connectivity index (χ1) is 30.0. The van der Waals surface area contributed by atoms with Crippen molar-refractivity contribution in [3.05, 3.63) is 203 Å². The van der Waals surface area contributed by atoms with Gasteiger partial charge in [0, 0.05) is 33.6 Å². The van der Waals surface area contributed by atoms with Crippen molar-refractivity contribution < 1.29 is 4.74 Å². The third-order valence-electron chi connectivity index (χ3n) is 14.4. The van der Waals surface area contributed by atoms with E-state index in [-0.39, 0.29) is 10.8 Å². The van der Waals surface area contributed by atoms with Crippen molar-refractivity contribution in [3.8, 4) is 33.8 Å². The molecule has 62 heavy (non-hydrogen) atoms. The van der Waals surface area contributed by atoms with E-state index in [9.17, 15) is 0 Å². The highest BCUT2D eigenvalue weighted by Gasteiger charge is 2.41. The van der Waals surface area contributed by atoms with Gasteiger partial charge in [0.1, 0.15) is 8.07 Å². The minimum Gasteiger partial charge on any atom is -0.453 e. The molecule has 0 aromatic heterocycles. The molecule has 0 N–H and O–H groups in total. The first-order valence-electron chi connectivity index (χ1n) is 21.9. The second kappa shape index (κ2) is 13.1. The number of fused-ring (bicyclic) bond motifs is 10. The molecule has 0 saturated carbocycles. The molecule has 4 aliphatic rings. The lowest BCUT2D eigenvalue weighted by atomic mass is 9.81. The predicted molar refractivity (Wildman–Crippen MR) is 263 cm³/mol. The number of anilines is 6. The summed E-state index contributed by atoms with van der Waals surface area (Å²) < 4.78 is 6.33. The summed E-state index contributed by atoms with van der Waals surface area (Å²) in [6.45, 7) is 14.5. The highest BCUT2D eigenvalue weighted by atomic mass is 28.3. The second-order valence-corrected chi connectivity index (χ2v) is 23.3. The van der Waals surface area contributed by atoms with Crippen LogP contribution in [0, 0.1) is 0 Å². The van der Waals surface area contributed by atoms with Gasteiger partial charge in [0.05, 0.1) is 11.4 Å². The van der Waals surface area contributed by atoms with Crippen molar-refractivity contribution in [1.82, 2.24) is 0 Å². The van der Waals surface area contributed by atoms with Crippen molar-refractivity contribution in [3.63, 3.8) is 0 Å². The zero-order chi connectivity index (χ0) is 42.1. The van der Waals surface area contributed by atoms with Crippen LogP contribution in [0.25, 0.3) is 34.4 Å². The Hall–Kier alpha value is -6.88. The Bertz CT molecular complexity index is 3130. The molecule has 8 aromatic rings. The van der Waals surface area contributed by atoms with Crippen LogP contribution in [0.1, 0.15) is 61.1 Å². The van der Waals surface area contributed by atoms with Crippen LogP contribution in [-0.2, 0) is 10.8 Å². The summed E-state index contributed by atoms with van der Waals surface area (Å²) in [5.74, 6) is 1.74. The second-order valence-electron chi connectivity index (χ2n) is 19.0. The lowest BCUT2D eigenvalue weighted by Crippen LogP contribution is -2.58. The van der Waals surface area contributed by atoms with E-state index in [1.165, 1.54) is 83.1 Å². The molecule has 2 aliphatic carbocycles. The Morgan fingerprint density at radius 1 is 0.403 bits per heavy atom. The summed E-state index contributed by atoms with van der Waals surface area (Å²) in [5, 5.41) is 2.98. The molecule has 12 rings (SSSR count). The number of hydrogen-bond acceptors (Lipinski definition) is 3. The van der Waals surface area contributed by atoms with Gasteiger partial charge in [-0.2, -0.15) is 0 Å². The van der Waals surface area contributed by atoms with E-state index in [2.05, 4.69) is 220 Å². The van der Waals surface area contributed by atoms with Crippen molar-refractivity contribution in [2.24, 2.45) is 0 Å². The van der Waals surface area contributed by atoms with Gasteiger partial charge >= 0.3 is 0 Å². The van der Waals surface area contributed by atoms with Gasteiger partial charge in [0.2, 0.25) is 0 Å². The summed E-state index contributed by atoms with van der Waals surface area (Å²) in [5.41, 5.74) is 20.0. The number of nitrogens with zero attached hydrogens (tertiary/aromatic N) is 2. The maximum atomic E-state index is 6.33. The normalized spacial score (nSPS) is 16.3. The molecule has 0 radical (unpaired) electrons. The van der Waals surface area contributed by atoms with Crippen LogP contribution < -0.4 is 24.9 Å². The van der Waals surface area contributed by atoms with E-state index in [1.54, 1.807) is 0 Å². The molecule has 4 heteroatoms. The van der Waals surface area contributed by atoms with Gasteiger partial charge in [0.25, 0.3) is 0 Å². The fraction of sp³-hybridized carbons (Fsp3) is 0.138. The molecule has 300 valence electrons. The fourth-order valence-electron chi connectivity index (χ4n) is 11.1. The lowest BCUT2D eigenvalue weighted by Gasteiger charge is -2.41. The van der Waals surface area contributed by atoms with Crippen molar-refractivity contribution in [2.45, 2.75) is 51.6 Å². The van der Waals surface area contributed by atoms with Gasteiger partial charge in [0.15, 0.2) is 11.5 Å². The zero-order valence-corrected chi connectivity index (χ0v) is 37.1. The Labute approximate surface area is 366 Å². The summed E-state index contributed by atoms with van der Waals surface area (Å²) >= 11 is 0. The van der Waals surface area contributed by atoms with Gasteiger partial charge in [-0.25, -0.2) is 0 Å². The topological polar surface area (TPSA) is 15.7 Å². The smallest absolute Gasteiger partial charge is 0.151 e. The molecule has 0 saturated heterocycles. The van der Waals surface area contributed by atoms with E-state index in [0.29, 0.717) is 0 Å². The number of benzene rings is 8. The monoisotopic (exact) mass is 816 g/mol. The molecule has 2 aliphatic heterocycles. The quantitative estimate of drug-likeness (QED) is 0.130. The van der Waals surface area contributed by atoms with Crippen LogP contribution in [0.2, 0.25) is 13.1 Å². The molecule has 0 spiro atoms. The summed E-state index contributed by atoms with van der Waals surface area (Å²) in [6, 6.07) is 62.9. The minimum atomic E-state index is -1.85. The van der Waals surface area contributed by atoms with E-state index in [4.69, 9.17) is 4.74 Å². The highest BCUT2D eigenvalue weighted by molar-refractivity contribution is 7.02. The number of para-hydroxylation sites is 6. The minimum absolute atomic E-state index is 0.152. The van der Waals surface area contributed by atoms with Crippen molar-refractivity contribution >= 4 is 64.7 Å². The molecule has 2 heterocycles. The third kappa shape index (κ3) is 5.23. The Morgan fingerprint density at radius 3 is 1.21 bits per heavy atom. The zero-order valence-electron chi connectivity index (χ0n) is 36.1. The van der Waals surface area contributed by atoms with Gasteiger partial charge in [-0.3, -0.25) is 0 Å². The average molecular weight is 817 g/mol. The predicted octanol–water partition coefficient (Wildman–Crippen LogP) is 14.7. The maximum Gasteiger partial charge on any atom is 0.151 e. The molecule has 3 nitrogen and oxygen atoms in total. The van der Waals surface area contributed by atoms with E-state index < -0.39 is 8.07 Å². The van der Waals surface area contributed by atoms with Crippen LogP contribution in [0.3, 0.4) is 0 Å². The molecular weight excluding hydrogens is 769 g/mol. The van der Waals surface area contributed by atoms with E-state index >= 15 is 0 Å². The third-order valence-corrected chi connectivity index (χ3v) is 18.0. The summed E-state index contributed by atoms with van der Waals surface area (Å²) in [6.07, 6.45) is 4.58. The standard InChI is InChI=1S/C58H48N2OSi/c1-57(2)45-33-37(25-29-41(45)43-31-27-39(35-47(43)57)59-49-15-7-11-19-53(49)61-54-20-12-8-16-50(54)59)23-24-38-26-30-42-44-32-28-40(36-48(44)58(3,4)46(42)34-38)60-51-17-9-13-21-55(51)62(5,6)56-22-14-10-18-52(56)60/h7-36H,1-6H3/b24-23+. The van der Waals surface area contributed by atoms with E-state index in [0.717, 1.165) is 28.6 Å². The molecule has 8 aromatic carbocycles. The van der Waals surface area contributed by atoms with Gasteiger partial charge in [-0.05, 0) is 127 Å². The highest BCUT2D eigenvalue weighted by Crippen LogP contribution is 2.55. The van der Waals surface area contributed by atoms with Crippen molar-refractivity contribution in [2.75, 3.05) is 9.80 Å². The van der Waals surface area contributed by atoms with Gasteiger partial charge < -0.3 is 14.5 Å². The van der Waals surface area contributed by atoms with E-state index in [1.807, 2.05) is 12.1 Å². The molecule has 0 atom stereocenters. The van der Waals surface area contributed by atoms with Crippen LogP contribution in [0.4, 0.5) is 34.1 Å². The Morgan fingerprint density at radius 2 is 0.758 bits per heavy atom. The fourth-order valence-corrected chi connectivity index (χ4v) is 14.1. The first-order valence-corrected chi connectivity index (χ1v) is 24.9. The number of ether oxygens (including phenoxy) is 1. The Balaban J connectivity index is 0.848. The number of rotatable bonds is 4. The molecule has 0 unspecified atom stereocenters. The maximum absolute atomic E-state index is 6.33. The SMILES string of the molecule is CC1(C)c2cc(/C=C/c3ccc4c(c3)C(C)(C)c3cc(N5c6ccccc6[Si](C)(C)c6ccccc65)ccc3-4)ccc2-c2ccc(N3c4ccccc4Oc4ccccc43)cc21. The molecule has 0 amide bonds. The summed E-state index contributed by atoms with van der Waals surface area (Å²) in [4.78, 5) is 4.85. The van der Waals surface area contributed by atoms with Crippen LogP contribution in [-0.4, -0.2) is 8.07 Å². The molecule has 0 fully saturated rings. The van der Waals surface area contributed by atoms with Crippen LogP contribution in [0.5, 0.6) is 11.5 Å². The number of hydrogen-bond donors (Lipinski definition) is 0.